The molecule has 3 aromatic rings. The highest BCUT2D eigenvalue weighted by atomic mass is 16.5. The monoisotopic (exact) mass is 581 g/mol. The first-order valence-electron chi connectivity index (χ1n) is 14.8. The van der Waals surface area contributed by atoms with E-state index in [0.717, 1.165) is 35.2 Å². The van der Waals surface area contributed by atoms with Crippen LogP contribution in [0.2, 0.25) is 0 Å². The third-order valence-electron chi connectivity index (χ3n) is 8.10. The summed E-state index contributed by atoms with van der Waals surface area (Å²) < 4.78 is 22.8. The van der Waals surface area contributed by atoms with Gasteiger partial charge >= 0.3 is 5.97 Å². The summed E-state index contributed by atoms with van der Waals surface area (Å²) in [6.45, 7) is 4.68. The zero-order valence-electron chi connectivity index (χ0n) is 25.3. The Morgan fingerprint density at radius 1 is 0.907 bits per heavy atom. The molecule has 2 atom stereocenters. The SMILES string of the molecule is CCCCOC(=O)C1=C(C)NC2=C(C(=O)C[C@H](c3ccc(OC)c(OC)c3)C2)[C@@H]1c1cccc(OCc2ccccc2)c1. The molecule has 0 saturated heterocycles. The van der Waals surface area contributed by atoms with Crippen molar-refractivity contribution in [2.24, 2.45) is 0 Å². The summed E-state index contributed by atoms with van der Waals surface area (Å²) in [7, 11) is 3.21. The van der Waals surface area contributed by atoms with Gasteiger partial charge in [0.15, 0.2) is 17.3 Å². The van der Waals surface area contributed by atoms with Gasteiger partial charge in [-0.1, -0.05) is 61.9 Å². The minimum Gasteiger partial charge on any atom is -0.493 e. The van der Waals surface area contributed by atoms with Gasteiger partial charge in [-0.3, -0.25) is 4.79 Å². The van der Waals surface area contributed by atoms with Gasteiger partial charge in [0.25, 0.3) is 0 Å². The van der Waals surface area contributed by atoms with Crippen LogP contribution < -0.4 is 19.5 Å². The summed E-state index contributed by atoms with van der Waals surface area (Å²) in [5.74, 6) is 0.923. The van der Waals surface area contributed by atoms with E-state index in [1.165, 1.54) is 0 Å². The Kier molecular flexibility index (Phi) is 9.50. The molecule has 1 N–H and O–H groups in total. The molecular weight excluding hydrogens is 542 g/mol. The maximum atomic E-state index is 14.0. The number of ether oxygens (including phenoxy) is 4. The minimum atomic E-state index is -0.565. The van der Waals surface area contributed by atoms with Crippen molar-refractivity contribution in [1.29, 1.82) is 0 Å². The maximum Gasteiger partial charge on any atom is 0.336 e. The molecule has 0 spiro atoms. The molecule has 0 fully saturated rings. The molecule has 0 radical (unpaired) electrons. The molecule has 43 heavy (non-hydrogen) atoms. The number of methoxy groups -OCH3 is 2. The highest BCUT2D eigenvalue weighted by Gasteiger charge is 2.41. The van der Waals surface area contributed by atoms with Crippen LogP contribution in [0.1, 0.15) is 68.1 Å². The quantitative estimate of drug-likeness (QED) is 0.193. The number of unbranched alkanes of at least 4 members (excludes halogenated alkanes) is 1. The van der Waals surface area contributed by atoms with Gasteiger partial charge in [-0.15, -0.1) is 0 Å². The molecule has 1 aliphatic carbocycles. The van der Waals surface area contributed by atoms with Gasteiger partial charge < -0.3 is 24.3 Å². The number of Topliss-reactive ketones (excluding diaryl/α,β-unsaturated/α-hetero) is 1. The van der Waals surface area contributed by atoms with E-state index in [2.05, 4.69) is 12.2 Å². The van der Waals surface area contributed by atoms with E-state index in [1.54, 1.807) is 14.2 Å². The van der Waals surface area contributed by atoms with Crippen molar-refractivity contribution in [1.82, 2.24) is 5.32 Å². The Balaban J connectivity index is 1.50. The smallest absolute Gasteiger partial charge is 0.336 e. The van der Waals surface area contributed by atoms with Crippen LogP contribution in [0.25, 0.3) is 0 Å². The Labute approximate surface area is 253 Å². The van der Waals surface area contributed by atoms with Gasteiger partial charge in [-0.05, 0) is 66.6 Å². The lowest BCUT2D eigenvalue weighted by atomic mass is 9.71. The predicted octanol–water partition coefficient (Wildman–Crippen LogP) is 6.99. The Hall–Kier alpha value is -4.52. The summed E-state index contributed by atoms with van der Waals surface area (Å²) in [5.41, 5.74) is 5.48. The van der Waals surface area contributed by atoms with Crippen molar-refractivity contribution in [2.45, 2.75) is 58.0 Å². The molecule has 2 aliphatic rings. The normalized spacial score (nSPS) is 18.1. The molecule has 0 amide bonds. The molecule has 0 saturated carbocycles. The largest absolute Gasteiger partial charge is 0.493 e. The summed E-state index contributed by atoms with van der Waals surface area (Å²) >= 11 is 0. The van der Waals surface area contributed by atoms with Crippen molar-refractivity contribution in [3.05, 3.63) is 112 Å². The molecule has 0 aromatic heterocycles. The third-order valence-corrected chi connectivity index (χ3v) is 8.10. The van der Waals surface area contributed by atoms with Gasteiger partial charge in [0, 0.05) is 29.3 Å². The zero-order chi connectivity index (χ0) is 30.3. The van der Waals surface area contributed by atoms with Crippen molar-refractivity contribution in [3.8, 4) is 17.2 Å². The molecule has 7 nitrogen and oxygen atoms in total. The maximum absolute atomic E-state index is 14.0. The van der Waals surface area contributed by atoms with E-state index in [1.807, 2.05) is 79.7 Å². The fraction of sp³-hybridized carbons (Fsp3) is 0.333. The van der Waals surface area contributed by atoms with Crippen molar-refractivity contribution in [3.63, 3.8) is 0 Å². The van der Waals surface area contributed by atoms with Crippen LogP contribution in [0, 0.1) is 0 Å². The molecular formula is C36H39NO6. The van der Waals surface area contributed by atoms with Crippen LogP contribution >= 0.6 is 0 Å². The van der Waals surface area contributed by atoms with Gasteiger partial charge in [0.2, 0.25) is 0 Å². The number of benzene rings is 3. The first-order chi connectivity index (χ1) is 20.9. The molecule has 1 aliphatic heterocycles. The van der Waals surface area contributed by atoms with E-state index in [-0.39, 0.29) is 11.7 Å². The highest BCUT2D eigenvalue weighted by molar-refractivity contribution is 6.04. The molecule has 0 bridgehead atoms. The van der Waals surface area contributed by atoms with Gasteiger partial charge in [-0.25, -0.2) is 4.79 Å². The number of rotatable bonds is 11. The fourth-order valence-corrected chi connectivity index (χ4v) is 5.90. The second-order valence-corrected chi connectivity index (χ2v) is 11.0. The second kappa shape index (κ2) is 13.6. The molecule has 224 valence electrons. The molecule has 5 rings (SSSR count). The molecule has 7 heteroatoms. The van der Waals surface area contributed by atoms with Crippen molar-refractivity contribution < 1.29 is 28.5 Å². The number of allylic oxidation sites excluding steroid dienone is 3. The number of nitrogens with one attached hydrogen (secondary N) is 1. The van der Waals surface area contributed by atoms with E-state index in [4.69, 9.17) is 18.9 Å². The Bertz CT molecular complexity index is 1540. The van der Waals surface area contributed by atoms with Crippen LogP contribution in [-0.2, 0) is 20.9 Å². The first kappa shape index (κ1) is 30.0. The van der Waals surface area contributed by atoms with Gasteiger partial charge in [-0.2, -0.15) is 0 Å². The lowest BCUT2D eigenvalue weighted by molar-refractivity contribution is -0.139. The van der Waals surface area contributed by atoms with Crippen molar-refractivity contribution in [2.75, 3.05) is 20.8 Å². The fourth-order valence-electron chi connectivity index (χ4n) is 5.90. The van der Waals surface area contributed by atoms with E-state index in [0.29, 0.717) is 60.1 Å². The number of hydrogen-bond acceptors (Lipinski definition) is 7. The molecule has 1 heterocycles. The zero-order valence-corrected chi connectivity index (χ0v) is 25.3. The third kappa shape index (κ3) is 6.61. The number of carbonyl (C=O) groups is 2. The average molecular weight is 582 g/mol. The lowest BCUT2D eigenvalue weighted by Crippen LogP contribution is -2.36. The summed E-state index contributed by atoms with van der Waals surface area (Å²) in [5, 5.41) is 3.43. The average Bonchev–Trinajstić information content (AvgIpc) is 3.03. The lowest BCUT2D eigenvalue weighted by Gasteiger charge is -2.37. The Morgan fingerprint density at radius 2 is 1.70 bits per heavy atom. The van der Waals surface area contributed by atoms with Crippen LogP contribution in [0.5, 0.6) is 17.2 Å². The second-order valence-electron chi connectivity index (χ2n) is 11.0. The van der Waals surface area contributed by atoms with Gasteiger partial charge in [0.1, 0.15) is 12.4 Å². The van der Waals surface area contributed by atoms with Crippen LogP contribution in [-0.4, -0.2) is 32.6 Å². The van der Waals surface area contributed by atoms with E-state index < -0.39 is 11.9 Å². The number of ketones is 1. The number of hydrogen-bond donors (Lipinski definition) is 1. The number of carbonyl (C=O) groups excluding carboxylic acids is 2. The van der Waals surface area contributed by atoms with E-state index >= 15 is 0 Å². The summed E-state index contributed by atoms with van der Waals surface area (Å²) in [6, 6.07) is 23.4. The first-order valence-corrected chi connectivity index (χ1v) is 14.8. The minimum absolute atomic E-state index is 0.000463. The Morgan fingerprint density at radius 3 is 2.44 bits per heavy atom. The topological polar surface area (TPSA) is 83.1 Å². The number of esters is 1. The highest BCUT2D eigenvalue weighted by Crippen LogP contribution is 2.47. The van der Waals surface area contributed by atoms with E-state index in [9.17, 15) is 9.59 Å². The predicted molar refractivity (Wildman–Crippen MR) is 165 cm³/mol. The number of dihydropyridines is 1. The van der Waals surface area contributed by atoms with Crippen molar-refractivity contribution >= 4 is 11.8 Å². The molecule has 0 unspecified atom stereocenters. The van der Waals surface area contributed by atoms with Crippen LogP contribution in [0.3, 0.4) is 0 Å². The van der Waals surface area contributed by atoms with Crippen LogP contribution in [0.4, 0.5) is 0 Å². The summed E-state index contributed by atoms with van der Waals surface area (Å²) in [6.07, 6.45) is 2.62. The standard InChI is InChI=1S/C36H39NO6/c1-5-6-17-42-36(39)33-23(2)37-29-19-27(25-15-16-31(40-3)32(21-25)41-4)20-30(38)35(29)34(33)26-13-10-14-28(18-26)43-22-24-11-8-7-9-12-24/h7-16,18,21,27,34,37H,5-6,17,19-20,22H2,1-4H3/t27-,34-/m1/s1. The van der Waals surface area contributed by atoms with Gasteiger partial charge in [0.05, 0.1) is 26.4 Å². The molecule has 3 aromatic carbocycles. The summed E-state index contributed by atoms with van der Waals surface area (Å²) in [4.78, 5) is 27.6. The van der Waals surface area contributed by atoms with Crippen LogP contribution in [0.15, 0.2) is 95.3 Å².